The molecule has 5 nitrogen and oxygen atoms in total. The molecule has 1 aromatic rings. The van der Waals surface area contributed by atoms with Crippen LogP contribution in [0.2, 0.25) is 0 Å². The van der Waals surface area contributed by atoms with Crippen LogP contribution in [0.5, 0.6) is 0 Å². The van der Waals surface area contributed by atoms with E-state index in [4.69, 9.17) is 5.73 Å². The molecule has 0 radical (unpaired) electrons. The van der Waals surface area contributed by atoms with E-state index in [0.717, 1.165) is 12.0 Å². The number of rotatable bonds is 4. The summed E-state index contributed by atoms with van der Waals surface area (Å²) in [7, 11) is 0. The van der Waals surface area contributed by atoms with Gasteiger partial charge in [-0.1, -0.05) is 20.8 Å². The molecular weight excluding hydrogens is 192 g/mol. The van der Waals surface area contributed by atoms with Crippen molar-refractivity contribution >= 4 is 11.7 Å². The van der Waals surface area contributed by atoms with Crippen LogP contribution < -0.4 is 11.1 Å². The molecule has 0 aromatic carbocycles. The lowest BCUT2D eigenvalue weighted by molar-refractivity contribution is -0.118. The van der Waals surface area contributed by atoms with E-state index in [1.165, 1.54) is 0 Å². The molecule has 1 heterocycles. The first-order valence-corrected chi connectivity index (χ1v) is 5.15. The van der Waals surface area contributed by atoms with Crippen molar-refractivity contribution in [2.45, 2.75) is 33.2 Å². The third-order valence-electron chi connectivity index (χ3n) is 2.37. The Morgan fingerprint density at radius 1 is 1.67 bits per heavy atom. The van der Waals surface area contributed by atoms with Crippen LogP contribution in [0.3, 0.4) is 0 Å². The fourth-order valence-corrected chi connectivity index (χ4v) is 1.20. The van der Waals surface area contributed by atoms with Crippen LogP contribution in [0.25, 0.3) is 0 Å². The standard InChI is InChI=1S/C10H18N4O/c1-4-7-5-12-14-9(7)13-10(15)8(11)6(2)3/h5-6,8H,4,11H2,1-3H3,(H2,12,13,14,15). The number of aromatic amines is 1. The first kappa shape index (κ1) is 11.7. The lowest BCUT2D eigenvalue weighted by atomic mass is 10.1. The third kappa shape index (κ3) is 2.79. The number of nitrogens with one attached hydrogen (secondary N) is 2. The van der Waals surface area contributed by atoms with Crippen molar-refractivity contribution in [3.05, 3.63) is 11.8 Å². The molecule has 0 saturated carbocycles. The number of carbonyl (C=O) groups is 1. The number of amides is 1. The predicted octanol–water partition coefficient (Wildman–Crippen LogP) is 0.894. The Morgan fingerprint density at radius 3 is 2.87 bits per heavy atom. The minimum Gasteiger partial charge on any atom is -0.320 e. The van der Waals surface area contributed by atoms with Gasteiger partial charge >= 0.3 is 0 Å². The van der Waals surface area contributed by atoms with Gasteiger partial charge in [-0.3, -0.25) is 9.89 Å². The zero-order valence-electron chi connectivity index (χ0n) is 9.37. The van der Waals surface area contributed by atoms with Crippen molar-refractivity contribution in [1.29, 1.82) is 0 Å². The molecule has 84 valence electrons. The van der Waals surface area contributed by atoms with Crippen LogP contribution in [0, 0.1) is 5.92 Å². The average molecular weight is 210 g/mol. The molecular formula is C10H18N4O. The Hall–Kier alpha value is -1.36. The smallest absolute Gasteiger partial charge is 0.242 e. The highest BCUT2D eigenvalue weighted by atomic mass is 16.2. The summed E-state index contributed by atoms with van der Waals surface area (Å²) in [6.07, 6.45) is 2.53. The summed E-state index contributed by atoms with van der Waals surface area (Å²) in [5.74, 6) is 0.598. The molecule has 15 heavy (non-hydrogen) atoms. The van der Waals surface area contributed by atoms with Gasteiger partial charge in [0.05, 0.1) is 12.2 Å². The highest BCUT2D eigenvalue weighted by Gasteiger charge is 2.18. The number of hydrogen-bond acceptors (Lipinski definition) is 3. The van der Waals surface area contributed by atoms with Gasteiger partial charge in [0.2, 0.25) is 5.91 Å². The molecule has 1 rings (SSSR count). The van der Waals surface area contributed by atoms with E-state index in [2.05, 4.69) is 15.5 Å². The van der Waals surface area contributed by atoms with Crippen molar-refractivity contribution < 1.29 is 4.79 Å². The first-order chi connectivity index (χ1) is 7.06. The molecule has 0 fully saturated rings. The fourth-order valence-electron chi connectivity index (χ4n) is 1.20. The summed E-state index contributed by atoms with van der Waals surface area (Å²) in [4.78, 5) is 11.6. The maximum Gasteiger partial charge on any atom is 0.242 e. The Kier molecular flexibility index (Phi) is 3.85. The second kappa shape index (κ2) is 4.93. The van der Waals surface area contributed by atoms with Crippen LogP contribution in [-0.4, -0.2) is 22.1 Å². The molecule has 0 bridgehead atoms. The Labute approximate surface area is 89.4 Å². The first-order valence-electron chi connectivity index (χ1n) is 5.15. The maximum atomic E-state index is 11.6. The van der Waals surface area contributed by atoms with Gasteiger partial charge in [0, 0.05) is 5.56 Å². The molecule has 0 aliphatic rings. The second-order valence-corrected chi connectivity index (χ2v) is 3.88. The van der Waals surface area contributed by atoms with Crippen LogP contribution in [0.4, 0.5) is 5.82 Å². The molecule has 5 heteroatoms. The number of anilines is 1. The maximum absolute atomic E-state index is 11.6. The van der Waals surface area contributed by atoms with E-state index in [9.17, 15) is 4.79 Å². The van der Waals surface area contributed by atoms with E-state index in [1.54, 1.807) is 6.20 Å². The molecule has 0 saturated heterocycles. The fraction of sp³-hybridized carbons (Fsp3) is 0.600. The predicted molar refractivity (Wildman–Crippen MR) is 59.4 cm³/mol. The average Bonchev–Trinajstić information content (AvgIpc) is 2.63. The van der Waals surface area contributed by atoms with Gasteiger partial charge in [0.15, 0.2) is 0 Å². The number of nitrogens with two attached hydrogens (primary N) is 1. The van der Waals surface area contributed by atoms with Gasteiger partial charge < -0.3 is 11.1 Å². The Morgan fingerprint density at radius 2 is 2.33 bits per heavy atom. The molecule has 1 amide bonds. The van der Waals surface area contributed by atoms with Crippen LogP contribution >= 0.6 is 0 Å². The quantitative estimate of drug-likeness (QED) is 0.690. The van der Waals surface area contributed by atoms with Gasteiger partial charge in [0.25, 0.3) is 0 Å². The van der Waals surface area contributed by atoms with Gasteiger partial charge in [-0.25, -0.2) is 0 Å². The van der Waals surface area contributed by atoms with Gasteiger partial charge in [0.1, 0.15) is 5.82 Å². The summed E-state index contributed by atoms with van der Waals surface area (Å²) in [5, 5.41) is 9.35. The highest BCUT2D eigenvalue weighted by Crippen LogP contribution is 2.12. The van der Waals surface area contributed by atoms with Gasteiger partial charge in [-0.2, -0.15) is 5.10 Å². The van der Waals surface area contributed by atoms with Crippen LogP contribution in [-0.2, 0) is 11.2 Å². The Bertz CT molecular complexity index is 332. The summed E-state index contributed by atoms with van der Waals surface area (Å²) in [6, 6.07) is -0.488. The normalized spacial score (nSPS) is 12.9. The van der Waals surface area contributed by atoms with Gasteiger partial charge in [-0.15, -0.1) is 0 Å². The lowest BCUT2D eigenvalue weighted by Crippen LogP contribution is -2.40. The van der Waals surface area contributed by atoms with E-state index >= 15 is 0 Å². The van der Waals surface area contributed by atoms with Crippen molar-refractivity contribution in [3.8, 4) is 0 Å². The second-order valence-electron chi connectivity index (χ2n) is 3.88. The summed E-state index contributed by atoms with van der Waals surface area (Å²) >= 11 is 0. The number of H-pyrrole nitrogens is 1. The van der Waals surface area contributed by atoms with E-state index in [0.29, 0.717) is 5.82 Å². The van der Waals surface area contributed by atoms with Crippen LogP contribution in [0.15, 0.2) is 6.20 Å². The van der Waals surface area contributed by atoms with Gasteiger partial charge in [-0.05, 0) is 12.3 Å². The topological polar surface area (TPSA) is 83.8 Å². The van der Waals surface area contributed by atoms with Crippen LogP contribution in [0.1, 0.15) is 26.3 Å². The SMILES string of the molecule is CCc1cn[nH]c1NC(=O)C(N)C(C)C. The summed E-state index contributed by atoms with van der Waals surface area (Å²) in [5.41, 5.74) is 6.71. The summed E-state index contributed by atoms with van der Waals surface area (Å²) in [6.45, 7) is 5.83. The molecule has 4 N–H and O–H groups in total. The monoisotopic (exact) mass is 210 g/mol. The lowest BCUT2D eigenvalue weighted by Gasteiger charge is -2.14. The Balaban J connectivity index is 2.66. The minimum atomic E-state index is -0.488. The highest BCUT2D eigenvalue weighted by molar-refractivity contribution is 5.94. The van der Waals surface area contributed by atoms with E-state index in [1.807, 2.05) is 20.8 Å². The zero-order valence-corrected chi connectivity index (χ0v) is 9.37. The molecule has 1 atom stereocenters. The largest absolute Gasteiger partial charge is 0.320 e. The summed E-state index contributed by atoms with van der Waals surface area (Å²) < 4.78 is 0. The van der Waals surface area contributed by atoms with E-state index in [-0.39, 0.29) is 11.8 Å². The van der Waals surface area contributed by atoms with E-state index < -0.39 is 6.04 Å². The van der Waals surface area contributed by atoms with Crippen molar-refractivity contribution in [3.63, 3.8) is 0 Å². The number of hydrogen-bond donors (Lipinski definition) is 3. The molecule has 0 aliphatic carbocycles. The van der Waals surface area contributed by atoms with Crippen molar-refractivity contribution in [2.24, 2.45) is 11.7 Å². The minimum absolute atomic E-state index is 0.123. The molecule has 0 spiro atoms. The molecule has 0 aliphatic heterocycles. The number of aryl methyl sites for hydroxylation is 1. The third-order valence-corrected chi connectivity index (χ3v) is 2.37. The number of aromatic nitrogens is 2. The number of nitrogens with zero attached hydrogens (tertiary/aromatic N) is 1. The van der Waals surface area contributed by atoms with Crippen molar-refractivity contribution in [2.75, 3.05) is 5.32 Å². The molecule has 1 unspecified atom stereocenters. The zero-order chi connectivity index (χ0) is 11.4. The molecule has 1 aromatic heterocycles. The number of carbonyl (C=O) groups excluding carboxylic acids is 1. The van der Waals surface area contributed by atoms with Crippen molar-refractivity contribution in [1.82, 2.24) is 10.2 Å².